The quantitative estimate of drug-likeness (QED) is 0.893. The number of hydrogen-bond donors (Lipinski definition) is 1. The first kappa shape index (κ1) is 13.1. The lowest BCUT2D eigenvalue weighted by atomic mass is 9.97. The van der Waals surface area contributed by atoms with E-state index in [1.165, 1.54) is 31.5 Å². The Bertz CT molecular complexity index is 403. The van der Waals surface area contributed by atoms with Gasteiger partial charge in [-0.3, -0.25) is 4.90 Å². The Morgan fingerprint density at radius 2 is 2.11 bits per heavy atom. The molecule has 3 rings (SSSR count). The third kappa shape index (κ3) is 2.85. The molecular weight excluding hydrogens is 232 g/mol. The maximum atomic E-state index is 3.70. The number of piperazine rings is 1. The number of benzene rings is 1. The molecule has 1 saturated carbocycles. The van der Waals surface area contributed by atoms with Gasteiger partial charge in [0.25, 0.3) is 0 Å². The van der Waals surface area contributed by atoms with Crippen molar-refractivity contribution in [1.82, 2.24) is 10.2 Å². The Hall–Kier alpha value is -0.860. The van der Waals surface area contributed by atoms with Crippen LogP contribution in [0.5, 0.6) is 0 Å². The Balaban J connectivity index is 1.59. The van der Waals surface area contributed by atoms with Gasteiger partial charge >= 0.3 is 0 Å². The molecule has 2 fully saturated rings. The zero-order chi connectivity index (χ0) is 13.2. The number of rotatable bonds is 4. The topological polar surface area (TPSA) is 15.3 Å². The van der Waals surface area contributed by atoms with Crippen molar-refractivity contribution in [1.29, 1.82) is 0 Å². The highest BCUT2D eigenvalue weighted by molar-refractivity contribution is 5.28. The molecule has 0 spiro atoms. The summed E-state index contributed by atoms with van der Waals surface area (Å²) >= 11 is 0. The van der Waals surface area contributed by atoms with Gasteiger partial charge in [-0.25, -0.2) is 0 Å². The third-order valence-corrected chi connectivity index (χ3v) is 5.02. The van der Waals surface area contributed by atoms with Crippen molar-refractivity contribution in [2.24, 2.45) is 5.92 Å². The summed E-state index contributed by atoms with van der Waals surface area (Å²) < 4.78 is 0. The minimum Gasteiger partial charge on any atom is -0.311 e. The summed E-state index contributed by atoms with van der Waals surface area (Å²) in [5.41, 5.74) is 1.53. The second kappa shape index (κ2) is 5.64. The summed E-state index contributed by atoms with van der Waals surface area (Å²) in [6.07, 6.45) is 2.63. The van der Waals surface area contributed by atoms with Crippen LogP contribution in [0.4, 0.5) is 0 Å². The van der Waals surface area contributed by atoms with Crippen LogP contribution in [0.2, 0.25) is 0 Å². The van der Waals surface area contributed by atoms with Gasteiger partial charge in [0.1, 0.15) is 0 Å². The maximum absolute atomic E-state index is 3.70. The molecule has 19 heavy (non-hydrogen) atoms. The fraction of sp³-hybridized carbons (Fsp3) is 0.647. The van der Waals surface area contributed by atoms with Crippen molar-refractivity contribution in [3.63, 3.8) is 0 Å². The van der Waals surface area contributed by atoms with Gasteiger partial charge in [0.2, 0.25) is 0 Å². The van der Waals surface area contributed by atoms with E-state index in [1.807, 2.05) is 0 Å². The van der Waals surface area contributed by atoms with Crippen molar-refractivity contribution in [3.05, 3.63) is 35.9 Å². The van der Waals surface area contributed by atoms with Crippen molar-refractivity contribution >= 4 is 0 Å². The fourth-order valence-electron chi connectivity index (χ4n) is 3.41. The van der Waals surface area contributed by atoms with E-state index in [0.29, 0.717) is 6.04 Å². The first-order valence-corrected chi connectivity index (χ1v) is 7.82. The van der Waals surface area contributed by atoms with Crippen molar-refractivity contribution in [3.8, 4) is 0 Å². The monoisotopic (exact) mass is 258 g/mol. The van der Waals surface area contributed by atoms with E-state index >= 15 is 0 Å². The Labute approximate surface area is 117 Å². The zero-order valence-corrected chi connectivity index (χ0v) is 12.2. The average Bonchev–Trinajstić information content (AvgIpc) is 3.28. The summed E-state index contributed by atoms with van der Waals surface area (Å²) in [6, 6.07) is 12.5. The molecule has 1 heterocycles. The van der Waals surface area contributed by atoms with E-state index < -0.39 is 0 Å². The molecule has 1 aliphatic carbocycles. The van der Waals surface area contributed by atoms with Gasteiger partial charge in [0.15, 0.2) is 0 Å². The molecule has 0 amide bonds. The van der Waals surface area contributed by atoms with Crippen LogP contribution in [-0.4, -0.2) is 36.6 Å². The van der Waals surface area contributed by atoms with Gasteiger partial charge in [0, 0.05) is 37.6 Å². The highest BCUT2D eigenvalue weighted by Gasteiger charge is 2.43. The van der Waals surface area contributed by atoms with Gasteiger partial charge < -0.3 is 5.32 Å². The molecule has 0 bridgehead atoms. The summed E-state index contributed by atoms with van der Waals surface area (Å²) in [5, 5.41) is 3.70. The predicted molar refractivity (Wildman–Crippen MR) is 80.4 cm³/mol. The summed E-state index contributed by atoms with van der Waals surface area (Å²) in [4.78, 5) is 2.73. The summed E-state index contributed by atoms with van der Waals surface area (Å²) in [7, 11) is 0. The molecule has 104 valence electrons. The summed E-state index contributed by atoms with van der Waals surface area (Å²) in [6.45, 7) is 8.30. The Morgan fingerprint density at radius 3 is 2.84 bits per heavy atom. The first-order valence-electron chi connectivity index (χ1n) is 7.82. The van der Waals surface area contributed by atoms with Crippen molar-refractivity contribution in [2.75, 3.05) is 19.6 Å². The first-order chi connectivity index (χ1) is 9.29. The molecule has 2 nitrogen and oxygen atoms in total. The van der Waals surface area contributed by atoms with E-state index in [4.69, 9.17) is 0 Å². The smallest absolute Gasteiger partial charge is 0.0221 e. The van der Waals surface area contributed by atoms with Crippen molar-refractivity contribution < 1.29 is 0 Å². The van der Waals surface area contributed by atoms with Gasteiger partial charge in [-0.1, -0.05) is 50.6 Å². The molecule has 0 aromatic heterocycles. The second-order valence-corrected chi connectivity index (χ2v) is 6.26. The lowest BCUT2D eigenvalue weighted by Gasteiger charge is -2.37. The SMILES string of the molecule is CCC(C)C1CN(C2CC2c2ccccc2)CCN1. The molecule has 0 radical (unpaired) electrons. The van der Waals surface area contributed by atoms with Gasteiger partial charge in [-0.05, 0) is 17.9 Å². The van der Waals surface area contributed by atoms with Crippen LogP contribution in [0.15, 0.2) is 30.3 Å². The lowest BCUT2D eigenvalue weighted by molar-refractivity contribution is 0.159. The minimum absolute atomic E-state index is 0.691. The molecular formula is C17H26N2. The van der Waals surface area contributed by atoms with Crippen molar-refractivity contribution in [2.45, 2.75) is 44.7 Å². The number of hydrogen-bond acceptors (Lipinski definition) is 2. The van der Waals surface area contributed by atoms with Gasteiger partial charge in [-0.2, -0.15) is 0 Å². The van der Waals surface area contributed by atoms with Crippen LogP contribution >= 0.6 is 0 Å². The van der Waals surface area contributed by atoms with Crippen LogP contribution in [0.25, 0.3) is 0 Å². The number of nitrogens with zero attached hydrogens (tertiary/aromatic N) is 1. The summed E-state index contributed by atoms with van der Waals surface area (Å²) in [5.74, 6) is 1.58. The van der Waals surface area contributed by atoms with Gasteiger partial charge in [-0.15, -0.1) is 0 Å². The van der Waals surface area contributed by atoms with Gasteiger partial charge in [0.05, 0.1) is 0 Å². The van der Waals surface area contributed by atoms with E-state index in [1.54, 1.807) is 0 Å². The maximum Gasteiger partial charge on any atom is 0.0221 e. The molecule has 2 aliphatic rings. The van der Waals surface area contributed by atoms with Crippen LogP contribution in [0, 0.1) is 5.92 Å². The molecule has 4 unspecified atom stereocenters. The zero-order valence-electron chi connectivity index (χ0n) is 12.2. The Kier molecular flexibility index (Phi) is 3.90. The molecule has 2 heteroatoms. The van der Waals surface area contributed by atoms with E-state index in [9.17, 15) is 0 Å². The normalized spacial score (nSPS) is 33.1. The van der Waals surface area contributed by atoms with E-state index in [-0.39, 0.29) is 0 Å². The highest BCUT2D eigenvalue weighted by atomic mass is 15.2. The highest BCUT2D eigenvalue weighted by Crippen LogP contribution is 2.44. The second-order valence-electron chi connectivity index (χ2n) is 6.26. The molecule has 4 atom stereocenters. The van der Waals surface area contributed by atoms with E-state index in [2.05, 4.69) is 54.4 Å². The Morgan fingerprint density at radius 1 is 1.32 bits per heavy atom. The third-order valence-electron chi connectivity index (χ3n) is 5.02. The largest absolute Gasteiger partial charge is 0.311 e. The molecule has 1 aliphatic heterocycles. The fourth-order valence-corrected chi connectivity index (χ4v) is 3.41. The average molecular weight is 258 g/mol. The molecule has 1 aromatic carbocycles. The van der Waals surface area contributed by atoms with Crippen LogP contribution < -0.4 is 5.32 Å². The standard InChI is InChI=1S/C17H26N2/c1-3-13(2)16-12-19(10-9-18-16)17-11-15(17)14-7-5-4-6-8-14/h4-8,13,15-18H,3,9-12H2,1-2H3. The van der Waals surface area contributed by atoms with Crippen LogP contribution in [0.3, 0.4) is 0 Å². The van der Waals surface area contributed by atoms with Crippen LogP contribution in [-0.2, 0) is 0 Å². The molecule has 1 saturated heterocycles. The molecule has 1 N–H and O–H groups in total. The van der Waals surface area contributed by atoms with Crippen LogP contribution in [0.1, 0.15) is 38.2 Å². The van der Waals surface area contributed by atoms with E-state index in [0.717, 1.165) is 24.4 Å². The number of nitrogens with one attached hydrogen (secondary N) is 1. The lowest BCUT2D eigenvalue weighted by Crippen LogP contribution is -2.54. The molecule has 1 aromatic rings. The predicted octanol–water partition coefficient (Wildman–Crippen LogP) is 2.86. The minimum atomic E-state index is 0.691.